The topological polar surface area (TPSA) is 95.9 Å². The molecule has 0 bridgehead atoms. The molecule has 0 spiro atoms. The van der Waals surface area contributed by atoms with E-state index >= 15 is 0 Å². The van der Waals surface area contributed by atoms with Crippen molar-refractivity contribution in [2.24, 2.45) is 0 Å². The predicted octanol–water partition coefficient (Wildman–Crippen LogP) is 16.1. The Morgan fingerprint density at radius 1 is 0.450 bits per heavy atom. The minimum atomic E-state index is -0.674. The van der Waals surface area contributed by atoms with E-state index in [2.05, 4.69) is 31.3 Å². The highest BCUT2D eigenvalue weighted by Gasteiger charge is 2.20. The van der Waals surface area contributed by atoms with Gasteiger partial charge in [-0.3, -0.25) is 9.59 Å². The fourth-order valence-electron chi connectivity index (χ4n) is 8.39. The van der Waals surface area contributed by atoms with Crippen molar-refractivity contribution in [3.05, 3.63) is 12.2 Å². The van der Waals surface area contributed by atoms with Crippen molar-refractivity contribution in [3.63, 3.8) is 0 Å². The Hall–Kier alpha value is -1.40. The van der Waals surface area contributed by atoms with Crippen LogP contribution < -0.4 is 5.32 Å². The number of carbonyl (C=O) groups is 2. The first kappa shape index (κ1) is 58.6. The van der Waals surface area contributed by atoms with E-state index in [4.69, 9.17) is 4.74 Å². The highest BCUT2D eigenvalue weighted by atomic mass is 16.5. The number of rotatable bonds is 50. The first-order valence-corrected chi connectivity index (χ1v) is 26.9. The largest absolute Gasteiger partial charge is 0.466 e. The van der Waals surface area contributed by atoms with E-state index in [0.29, 0.717) is 25.9 Å². The number of aliphatic hydroxyl groups is 2. The van der Waals surface area contributed by atoms with Gasteiger partial charge in [0.1, 0.15) is 0 Å². The van der Waals surface area contributed by atoms with Crippen molar-refractivity contribution in [1.82, 2.24) is 5.32 Å². The van der Waals surface area contributed by atoms with Gasteiger partial charge in [0, 0.05) is 12.8 Å². The van der Waals surface area contributed by atoms with Crippen molar-refractivity contribution >= 4 is 11.9 Å². The number of aliphatic hydroxyl groups excluding tert-OH is 2. The minimum Gasteiger partial charge on any atom is -0.466 e. The van der Waals surface area contributed by atoms with Gasteiger partial charge in [0.25, 0.3) is 0 Å². The standard InChI is InChI=1S/C54H105NO5/c1-3-5-7-9-11-13-15-16-17-18-19-20-21-22-23-27-30-34-38-42-46-52(57)51(50-56)55-53(58)47-43-39-35-31-28-24-25-29-33-37-41-45-49-60-54(59)48-44-40-36-32-26-14-12-10-8-6-4-2/h10,12,51-52,56-57H,3-9,11,13-50H2,1-2H3,(H,55,58)/b12-10-. The van der Waals surface area contributed by atoms with Crippen LogP contribution in [0.15, 0.2) is 12.2 Å². The highest BCUT2D eigenvalue weighted by Crippen LogP contribution is 2.17. The number of unbranched alkanes of at least 4 members (excludes halogenated alkanes) is 37. The molecule has 0 heterocycles. The van der Waals surface area contributed by atoms with E-state index in [1.807, 2.05) is 0 Å². The number of amides is 1. The summed E-state index contributed by atoms with van der Waals surface area (Å²) in [7, 11) is 0. The van der Waals surface area contributed by atoms with Crippen LogP contribution in [0, 0.1) is 0 Å². The maximum absolute atomic E-state index is 12.5. The average Bonchev–Trinajstić information content (AvgIpc) is 3.25. The van der Waals surface area contributed by atoms with Crippen LogP contribution in [-0.4, -0.2) is 47.4 Å². The van der Waals surface area contributed by atoms with E-state index in [0.717, 1.165) is 57.8 Å². The maximum atomic E-state index is 12.5. The van der Waals surface area contributed by atoms with Gasteiger partial charge in [-0.25, -0.2) is 0 Å². The molecule has 0 saturated carbocycles. The van der Waals surface area contributed by atoms with Gasteiger partial charge in [-0.05, 0) is 44.9 Å². The summed E-state index contributed by atoms with van der Waals surface area (Å²) < 4.78 is 5.44. The molecule has 0 radical (unpaired) electrons. The molecule has 0 aromatic carbocycles. The van der Waals surface area contributed by atoms with Crippen LogP contribution >= 0.6 is 0 Å². The molecule has 6 heteroatoms. The lowest BCUT2D eigenvalue weighted by molar-refractivity contribution is -0.143. The van der Waals surface area contributed by atoms with E-state index in [-0.39, 0.29) is 18.5 Å². The zero-order chi connectivity index (χ0) is 43.7. The molecule has 1 amide bonds. The summed E-state index contributed by atoms with van der Waals surface area (Å²) in [6.45, 7) is 4.89. The molecule has 356 valence electrons. The van der Waals surface area contributed by atoms with Crippen LogP contribution in [-0.2, 0) is 14.3 Å². The molecule has 2 unspecified atom stereocenters. The Balaban J connectivity index is 3.46. The number of esters is 1. The summed E-state index contributed by atoms with van der Waals surface area (Å²) in [5.41, 5.74) is 0. The quantitative estimate of drug-likeness (QED) is 0.0322. The van der Waals surface area contributed by atoms with E-state index in [9.17, 15) is 19.8 Å². The predicted molar refractivity (Wildman–Crippen MR) is 260 cm³/mol. The summed E-state index contributed by atoms with van der Waals surface area (Å²) in [6.07, 6.45) is 57.5. The SMILES string of the molecule is CCCC/C=C\CCCCCCCC(=O)OCCCCCCCCCCCCCCC(=O)NC(CO)C(O)CCCCCCCCCCCCCCCCCCCCCC. The normalized spacial score (nSPS) is 12.7. The lowest BCUT2D eigenvalue weighted by Crippen LogP contribution is -2.45. The molecule has 3 N–H and O–H groups in total. The third-order valence-electron chi connectivity index (χ3n) is 12.6. The Bertz CT molecular complexity index is 893. The Kier molecular flexibility index (Phi) is 49.1. The second kappa shape index (κ2) is 50.2. The van der Waals surface area contributed by atoms with Crippen LogP contribution in [0.2, 0.25) is 0 Å². The third kappa shape index (κ3) is 46.1. The summed E-state index contributed by atoms with van der Waals surface area (Å²) in [5, 5.41) is 23.3. The van der Waals surface area contributed by atoms with Gasteiger partial charge in [0.15, 0.2) is 0 Å². The van der Waals surface area contributed by atoms with Crippen LogP contribution in [0.25, 0.3) is 0 Å². The fraction of sp³-hybridized carbons (Fsp3) is 0.926. The molecule has 60 heavy (non-hydrogen) atoms. The summed E-state index contributed by atoms with van der Waals surface area (Å²) in [5.74, 6) is -0.0680. The summed E-state index contributed by atoms with van der Waals surface area (Å²) in [6, 6.07) is -0.553. The van der Waals surface area contributed by atoms with Gasteiger partial charge < -0.3 is 20.3 Å². The molecule has 6 nitrogen and oxygen atoms in total. The van der Waals surface area contributed by atoms with Gasteiger partial charge in [0.2, 0.25) is 5.91 Å². The molecule has 0 aliphatic heterocycles. The number of hydrogen-bond donors (Lipinski definition) is 3. The Morgan fingerprint density at radius 2 is 0.800 bits per heavy atom. The van der Waals surface area contributed by atoms with Crippen LogP contribution in [0.5, 0.6) is 0 Å². The number of allylic oxidation sites excluding steroid dienone is 2. The molecule has 0 aromatic rings. The van der Waals surface area contributed by atoms with Gasteiger partial charge >= 0.3 is 5.97 Å². The molecule has 2 atom stereocenters. The van der Waals surface area contributed by atoms with Crippen LogP contribution in [0.4, 0.5) is 0 Å². The Morgan fingerprint density at radius 3 is 1.23 bits per heavy atom. The van der Waals surface area contributed by atoms with Crippen LogP contribution in [0.3, 0.4) is 0 Å². The lowest BCUT2D eigenvalue weighted by atomic mass is 10.0. The molecule has 0 fully saturated rings. The monoisotopic (exact) mass is 848 g/mol. The van der Waals surface area contributed by atoms with E-state index < -0.39 is 12.1 Å². The zero-order valence-electron chi connectivity index (χ0n) is 40.5. The second-order valence-corrected chi connectivity index (χ2v) is 18.6. The number of nitrogens with one attached hydrogen (secondary N) is 1. The molecule has 0 saturated heterocycles. The lowest BCUT2D eigenvalue weighted by Gasteiger charge is -2.22. The molecular formula is C54H105NO5. The van der Waals surface area contributed by atoms with Crippen molar-refractivity contribution in [1.29, 1.82) is 0 Å². The first-order chi connectivity index (χ1) is 29.5. The van der Waals surface area contributed by atoms with E-state index in [1.54, 1.807) is 0 Å². The molecular weight excluding hydrogens is 743 g/mol. The van der Waals surface area contributed by atoms with Crippen LogP contribution in [0.1, 0.15) is 296 Å². The maximum Gasteiger partial charge on any atom is 0.305 e. The third-order valence-corrected chi connectivity index (χ3v) is 12.6. The number of hydrogen-bond acceptors (Lipinski definition) is 5. The van der Waals surface area contributed by atoms with Gasteiger partial charge in [-0.1, -0.05) is 251 Å². The summed E-state index contributed by atoms with van der Waals surface area (Å²) >= 11 is 0. The summed E-state index contributed by atoms with van der Waals surface area (Å²) in [4.78, 5) is 24.5. The van der Waals surface area contributed by atoms with Crippen molar-refractivity contribution in [2.45, 2.75) is 309 Å². The molecule has 0 aliphatic carbocycles. The second-order valence-electron chi connectivity index (χ2n) is 18.6. The smallest absolute Gasteiger partial charge is 0.305 e. The van der Waals surface area contributed by atoms with Crippen molar-refractivity contribution in [3.8, 4) is 0 Å². The van der Waals surface area contributed by atoms with Gasteiger partial charge in [-0.2, -0.15) is 0 Å². The van der Waals surface area contributed by atoms with E-state index in [1.165, 1.54) is 205 Å². The molecule has 0 aliphatic rings. The average molecular weight is 848 g/mol. The number of carbonyl (C=O) groups excluding carboxylic acids is 2. The van der Waals surface area contributed by atoms with Crippen molar-refractivity contribution in [2.75, 3.05) is 13.2 Å². The molecule has 0 aromatic heterocycles. The first-order valence-electron chi connectivity index (χ1n) is 26.9. The minimum absolute atomic E-state index is 0.0196. The Labute approximate surface area is 374 Å². The fourth-order valence-corrected chi connectivity index (χ4v) is 8.39. The molecule has 0 rings (SSSR count). The van der Waals surface area contributed by atoms with Gasteiger partial charge in [-0.15, -0.1) is 0 Å². The van der Waals surface area contributed by atoms with Crippen molar-refractivity contribution < 1.29 is 24.5 Å². The zero-order valence-corrected chi connectivity index (χ0v) is 40.5. The number of ether oxygens (including phenoxy) is 1. The highest BCUT2D eigenvalue weighted by molar-refractivity contribution is 5.76. The van der Waals surface area contributed by atoms with Gasteiger partial charge in [0.05, 0.1) is 25.4 Å².